The number of ether oxygens (including phenoxy) is 2. The monoisotopic (exact) mass is 351 g/mol. The van der Waals surface area contributed by atoms with E-state index in [1.165, 1.54) is 19.2 Å². The van der Waals surface area contributed by atoms with Gasteiger partial charge in [-0.25, -0.2) is 4.39 Å². The van der Waals surface area contributed by atoms with Gasteiger partial charge in [0.25, 0.3) is 0 Å². The van der Waals surface area contributed by atoms with Crippen LogP contribution in [0.1, 0.15) is 5.56 Å². The van der Waals surface area contributed by atoms with Gasteiger partial charge in [0.2, 0.25) is 5.91 Å². The molecule has 1 N–H and O–H groups in total. The van der Waals surface area contributed by atoms with E-state index >= 15 is 0 Å². The Hall–Kier alpha value is -3.34. The summed E-state index contributed by atoms with van der Waals surface area (Å²) in [4.78, 5) is 12.3. The van der Waals surface area contributed by atoms with Crippen molar-refractivity contribution in [1.82, 2.24) is 0 Å². The van der Waals surface area contributed by atoms with Crippen molar-refractivity contribution in [3.63, 3.8) is 0 Å². The molecule has 5 heteroatoms. The van der Waals surface area contributed by atoms with Crippen LogP contribution in [0.5, 0.6) is 17.2 Å². The van der Waals surface area contributed by atoms with Gasteiger partial charge in [0, 0.05) is 0 Å². The molecule has 0 spiro atoms. The summed E-state index contributed by atoms with van der Waals surface area (Å²) in [6.45, 7) is 0. The largest absolute Gasteiger partial charge is 0.494 e. The van der Waals surface area contributed by atoms with Gasteiger partial charge in [-0.15, -0.1) is 0 Å². The number of anilines is 1. The Balaban J connectivity index is 1.70. The molecule has 3 aromatic carbocycles. The van der Waals surface area contributed by atoms with Gasteiger partial charge in [0.05, 0.1) is 19.2 Å². The maximum atomic E-state index is 13.8. The van der Waals surface area contributed by atoms with Gasteiger partial charge in [0.1, 0.15) is 5.75 Å². The summed E-state index contributed by atoms with van der Waals surface area (Å²) in [6.07, 6.45) is 0.0422. The lowest BCUT2D eigenvalue weighted by Gasteiger charge is -2.12. The number of methoxy groups -OCH3 is 1. The molecule has 1 amide bonds. The van der Waals surface area contributed by atoms with Crippen molar-refractivity contribution in [3.8, 4) is 17.2 Å². The van der Waals surface area contributed by atoms with Gasteiger partial charge < -0.3 is 14.8 Å². The van der Waals surface area contributed by atoms with Crippen LogP contribution in [0.4, 0.5) is 10.1 Å². The van der Waals surface area contributed by atoms with Crippen molar-refractivity contribution in [1.29, 1.82) is 0 Å². The van der Waals surface area contributed by atoms with Crippen LogP contribution < -0.4 is 14.8 Å². The summed E-state index contributed by atoms with van der Waals surface area (Å²) in [7, 11) is 1.40. The average molecular weight is 351 g/mol. The van der Waals surface area contributed by atoms with Gasteiger partial charge in [-0.3, -0.25) is 4.79 Å². The van der Waals surface area contributed by atoms with E-state index in [9.17, 15) is 9.18 Å². The lowest BCUT2D eigenvalue weighted by molar-refractivity contribution is -0.115. The molecular weight excluding hydrogens is 333 g/mol. The van der Waals surface area contributed by atoms with Crippen LogP contribution >= 0.6 is 0 Å². The first-order chi connectivity index (χ1) is 12.7. The maximum absolute atomic E-state index is 13.8. The number of carbonyl (C=O) groups is 1. The summed E-state index contributed by atoms with van der Waals surface area (Å²) in [5, 5.41) is 2.81. The Kier molecular flexibility index (Phi) is 5.49. The fourth-order valence-electron chi connectivity index (χ4n) is 2.47. The highest BCUT2D eigenvalue weighted by Gasteiger charge is 2.11. The molecule has 3 rings (SSSR count). The molecule has 0 aliphatic rings. The quantitative estimate of drug-likeness (QED) is 0.693. The molecule has 0 aliphatic carbocycles. The van der Waals surface area contributed by atoms with Crippen molar-refractivity contribution in [2.75, 3.05) is 12.4 Å². The van der Waals surface area contributed by atoms with Crippen LogP contribution in [0.25, 0.3) is 0 Å². The molecule has 0 radical (unpaired) electrons. The Morgan fingerprint density at radius 2 is 1.69 bits per heavy atom. The number of rotatable bonds is 6. The van der Waals surface area contributed by atoms with Crippen LogP contribution in [0.3, 0.4) is 0 Å². The van der Waals surface area contributed by atoms with Crippen molar-refractivity contribution >= 4 is 11.6 Å². The Bertz CT molecular complexity index is 897. The first-order valence-corrected chi connectivity index (χ1v) is 8.10. The molecule has 0 fully saturated rings. The third-order valence-corrected chi connectivity index (χ3v) is 3.71. The van der Waals surface area contributed by atoms with Crippen LogP contribution in [-0.2, 0) is 11.2 Å². The molecular formula is C21H18FNO3. The number of benzene rings is 3. The predicted molar refractivity (Wildman–Crippen MR) is 98.2 cm³/mol. The lowest BCUT2D eigenvalue weighted by atomic mass is 10.1. The van der Waals surface area contributed by atoms with Crippen LogP contribution in [0.15, 0.2) is 72.8 Å². The van der Waals surface area contributed by atoms with E-state index in [0.717, 1.165) is 0 Å². The van der Waals surface area contributed by atoms with Gasteiger partial charge in [-0.2, -0.15) is 0 Å². The zero-order chi connectivity index (χ0) is 18.4. The summed E-state index contributed by atoms with van der Waals surface area (Å²) in [5.41, 5.74) is 1.11. The summed E-state index contributed by atoms with van der Waals surface area (Å²) in [5.74, 6) is 0.597. The molecule has 4 nitrogen and oxygen atoms in total. The summed E-state index contributed by atoms with van der Waals surface area (Å²) >= 11 is 0. The van der Waals surface area contributed by atoms with E-state index in [4.69, 9.17) is 9.47 Å². The average Bonchev–Trinajstić information content (AvgIpc) is 2.64. The van der Waals surface area contributed by atoms with E-state index in [1.54, 1.807) is 24.3 Å². The van der Waals surface area contributed by atoms with Gasteiger partial charge in [-0.1, -0.05) is 36.4 Å². The highest BCUT2D eigenvalue weighted by atomic mass is 19.1. The van der Waals surface area contributed by atoms with Gasteiger partial charge >= 0.3 is 0 Å². The Labute approximate surface area is 151 Å². The highest BCUT2D eigenvalue weighted by Crippen LogP contribution is 2.29. The second-order valence-corrected chi connectivity index (χ2v) is 5.61. The number of hydrogen-bond donors (Lipinski definition) is 1. The fraction of sp³-hybridized carbons (Fsp3) is 0.0952. The predicted octanol–water partition coefficient (Wildman–Crippen LogP) is 4.81. The lowest BCUT2D eigenvalue weighted by Crippen LogP contribution is -2.15. The van der Waals surface area contributed by atoms with E-state index in [1.807, 2.05) is 36.4 Å². The first kappa shape index (κ1) is 17.5. The molecule has 26 heavy (non-hydrogen) atoms. The maximum Gasteiger partial charge on any atom is 0.228 e. The SMILES string of the molecule is COc1ccc(CC(=O)Nc2ccccc2Oc2ccccc2)cc1F. The molecule has 3 aromatic rings. The van der Waals surface area contributed by atoms with Crippen molar-refractivity contribution in [3.05, 3.63) is 84.2 Å². The van der Waals surface area contributed by atoms with Gasteiger partial charge in [-0.05, 0) is 42.0 Å². The fourth-order valence-corrected chi connectivity index (χ4v) is 2.47. The molecule has 0 saturated heterocycles. The van der Waals surface area contributed by atoms with Crippen molar-refractivity contribution < 1.29 is 18.7 Å². The highest BCUT2D eigenvalue weighted by molar-refractivity contribution is 5.93. The second-order valence-electron chi connectivity index (χ2n) is 5.61. The van der Waals surface area contributed by atoms with E-state index < -0.39 is 5.82 Å². The Morgan fingerprint density at radius 3 is 2.42 bits per heavy atom. The molecule has 0 aliphatic heterocycles. The standard InChI is InChI=1S/C21H18FNO3/c1-25-19-12-11-15(13-17(19)22)14-21(24)23-18-9-5-6-10-20(18)26-16-7-3-2-4-8-16/h2-13H,14H2,1H3,(H,23,24). The number of hydrogen-bond acceptors (Lipinski definition) is 3. The van der Waals surface area contributed by atoms with E-state index in [2.05, 4.69) is 5.32 Å². The first-order valence-electron chi connectivity index (χ1n) is 8.10. The number of carbonyl (C=O) groups excluding carboxylic acids is 1. The zero-order valence-electron chi connectivity index (χ0n) is 14.2. The number of nitrogens with one attached hydrogen (secondary N) is 1. The summed E-state index contributed by atoms with van der Waals surface area (Å²) in [6, 6.07) is 20.9. The minimum Gasteiger partial charge on any atom is -0.494 e. The smallest absolute Gasteiger partial charge is 0.228 e. The third-order valence-electron chi connectivity index (χ3n) is 3.71. The number of halogens is 1. The van der Waals surface area contributed by atoms with Crippen LogP contribution in [0, 0.1) is 5.82 Å². The molecule has 132 valence electrons. The normalized spacial score (nSPS) is 10.2. The number of amides is 1. The van der Waals surface area contributed by atoms with Crippen molar-refractivity contribution in [2.45, 2.75) is 6.42 Å². The molecule has 0 heterocycles. The minimum absolute atomic E-state index is 0.0422. The Morgan fingerprint density at radius 1 is 0.962 bits per heavy atom. The van der Waals surface area contributed by atoms with Crippen LogP contribution in [-0.4, -0.2) is 13.0 Å². The molecule has 0 aromatic heterocycles. The van der Waals surface area contributed by atoms with Gasteiger partial charge in [0.15, 0.2) is 17.3 Å². The molecule has 0 bridgehead atoms. The number of para-hydroxylation sites is 3. The second kappa shape index (κ2) is 8.16. The van der Waals surface area contributed by atoms with Crippen molar-refractivity contribution in [2.24, 2.45) is 0 Å². The topological polar surface area (TPSA) is 47.6 Å². The summed E-state index contributed by atoms with van der Waals surface area (Å²) < 4.78 is 24.5. The van der Waals surface area contributed by atoms with Crippen LogP contribution in [0.2, 0.25) is 0 Å². The van der Waals surface area contributed by atoms with E-state index in [0.29, 0.717) is 22.7 Å². The molecule has 0 atom stereocenters. The third kappa shape index (κ3) is 4.39. The molecule has 0 unspecified atom stereocenters. The molecule has 0 saturated carbocycles. The minimum atomic E-state index is -0.495. The zero-order valence-corrected chi connectivity index (χ0v) is 14.2. The van der Waals surface area contributed by atoms with E-state index in [-0.39, 0.29) is 18.1 Å².